The van der Waals surface area contributed by atoms with Gasteiger partial charge in [0.25, 0.3) is 0 Å². The van der Waals surface area contributed by atoms with E-state index < -0.39 is 0 Å². The molecule has 0 aliphatic carbocycles. The standard InChI is InChI=1S/C31H32N4/c1-24-14-18-28(19-15-24)34-30(26-10-5-3-6-11-26)32-22-9-23-33-31(27-12-7-4-8-13-27)35-29-20-16-25(2)17-21-29/h3-8,10-21H,9,22-23H2,1-2H3,(H,32,34)(H,33,35). The molecule has 35 heavy (non-hydrogen) atoms. The van der Waals surface area contributed by atoms with Gasteiger partial charge in [-0.1, -0.05) is 96.1 Å². The minimum Gasteiger partial charge on any atom is -0.340 e. The number of benzene rings is 4. The molecule has 0 saturated heterocycles. The molecule has 4 aromatic rings. The summed E-state index contributed by atoms with van der Waals surface area (Å²) in [4.78, 5) is 9.78. The van der Waals surface area contributed by atoms with Gasteiger partial charge < -0.3 is 10.6 Å². The van der Waals surface area contributed by atoms with Crippen LogP contribution in [0, 0.1) is 13.8 Å². The van der Waals surface area contributed by atoms with Crippen LogP contribution in [0.1, 0.15) is 28.7 Å². The van der Waals surface area contributed by atoms with E-state index in [1.165, 1.54) is 11.1 Å². The van der Waals surface area contributed by atoms with Crippen LogP contribution in [0.2, 0.25) is 0 Å². The maximum Gasteiger partial charge on any atom is 0.132 e. The molecule has 0 atom stereocenters. The van der Waals surface area contributed by atoms with Gasteiger partial charge in [-0.3, -0.25) is 9.98 Å². The minimum atomic E-state index is 0.680. The van der Waals surface area contributed by atoms with Crippen LogP contribution in [-0.4, -0.2) is 24.8 Å². The number of nitrogens with zero attached hydrogens (tertiary/aromatic N) is 2. The van der Waals surface area contributed by atoms with Crippen LogP contribution in [0.25, 0.3) is 0 Å². The number of amidine groups is 2. The summed E-state index contributed by atoms with van der Waals surface area (Å²) in [6.07, 6.45) is 0.845. The van der Waals surface area contributed by atoms with Gasteiger partial charge in [-0.25, -0.2) is 0 Å². The summed E-state index contributed by atoms with van der Waals surface area (Å²) >= 11 is 0. The number of anilines is 2. The Labute approximate surface area is 208 Å². The van der Waals surface area contributed by atoms with Gasteiger partial charge in [0.15, 0.2) is 0 Å². The van der Waals surface area contributed by atoms with E-state index in [0.717, 1.165) is 40.6 Å². The summed E-state index contributed by atoms with van der Waals surface area (Å²) in [5.74, 6) is 1.75. The first-order valence-corrected chi connectivity index (χ1v) is 12.0. The lowest BCUT2D eigenvalue weighted by atomic mass is 10.2. The van der Waals surface area contributed by atoms with Gasteiger partial charge in [-0.05, 0) is 44.5 Å². The highest BCUT2D eigenvalue weighted by Crippen LogP contribution is 2.13. The van der Waals surface area contributed by atoms with Crippen molar-refractivity contribution in [2.24, 2.45) is 9.98 Å². The maximum absolute atomic E-state index is 4.89. The van der Waals surface area contributed by atoms with Crippen LogP contribution >= 0.6 is 0 Å². The summed E-state index contributed by atoms with van der Waals surface area (Å²) in [5.41, 5.74) is 6.68. The molecule has 0 spiro atoms. The maximum atomic E-state index is 4.89. The first-order chi connectivity index (χ1) is 17.2. The van der Waals surface area contributed by atoms with E-state index >= 15 is 0 Å². The largest absolute Gasteiger partial charge is 0.340 e. The molecule has 0 amide bonds. The number of aliphatic imine (C=N–C) groups is 2. The second kappa shape index (κ2) is 12.3. The smallest absolute Gasteiger partial charge is 0.132 e. The van der Waals surface area contributed by atoms with Gasteiger partial charge in [0.1, 0.15) is 11.7 Å². The first kappa shape index (κ1) is 24.0. The van der Waals surface area contributed by atoms with Crippen molar-refractivity contribution in [1.29, 1.82) is 0 Å². The highest BCUT2D eigenvalue weighted by Gasteiger charge is 2.05. The molecular weight excluding hydrogens is 428 g/mol. The zero-order chi connectivity index (χ0) is 24.3. The second-order valence-corrected chi connectivity index (χ2v) is 8.53. The van der Waals surface area contributed by atoms with Gasteiger partial charge >= 0.3 is 0 Å². The Hall–Kier alpha value is -4.18. The lowest BCUT2D eigenvalue weighted by Gasteiger charge is -2.12. The van der Waals surface area contributed by atoms with Crippen molar-refractivity contribution in [2.75, 3.05) is 23.7 Å². The topological polar surface area (TPSA) is 48.8 Å². The predicted molar refractivity (Wildman–Crippen MR) is 150 cm³/mol. The van der Waals surface area contributed by atoms with Crippen molar-refractivity contribution in [1.82, 2.24) is 0 Å². The number of hydrogen-bond acceptors (Lipinski definition) is 2. The number of hydrogen-bond donors (Lipinski definition) is 2. The van der Waals surface area contributed by atoms with E-state index in [1.807, 2.05) is 36.4 Å². The normalized spacial score (nSPS) is 11.8. The fraction of sp³-hybridized carbons (Fsp3) is 0.161. The molecule has 0 unspecified atom stereocenters. The first-order valence-electron chi connectivity index (χ1n) is 12.0. The number of rotatable bonds is 8. The molecular formula is C31H32N4. The van der Waals surface area contributed by atoms with Gasteiger partial charge in [-0.2, -0.15) is 0 Å². The molecule has 4 heteroatoms. The van der Waals surface area contributed by atoms with Gasteiger partial charge in [0.2, 0.25) is 0 Å². The fourth-order valence-electron chi connectivity index (χ4n) is 3.60. The summed E-state index contributed by atoms with van der Waals surface area (Å²) in [6.45, 7) is 5.54. The summed E-state index contributed by atoms with van der Waals surface area (Å²) in [5, 5.41) is 6.97. The molecule has 0 radical (unpaired) electrons. The molecule has 0 aliphatic heterocycles. The molecule has 4 rings (SSSR count). The van der Waals surface area contributed by atoms with Crippen molar-refractivity contribution < 1.29 is 0 Å². The van der Waals surface area contributed by atoms with Crippen molar-refractivity contribution in [2.45, 2.75) is 20.3 Å². The molecule has 0 fully saturated rings. The van der Waals surface area contributed by atoms with E-state index in [9.17, 15) is 0 Å². The number of nitrogens with one attached hydrogen (secondary N) is 2. The summed E-state index contributed by atoms with van der Waals surface area (Å²) in [7, 11) is 0. The molecule has 0 heterocycles. The van der Waals surface area contributed by atoms with E-state index in [1.54, 1.807) is 0 Å². The van der Waals surface area contributed by atoms with E-state index in [2.05, 4.69) is 97.3 Å². The minimum absolute atomic E-state index is 0.680. The zero-order valence-corrected chi connectivity index (χ0v) is 20.4. The van der Waals surface area contributed by atoms with Crippen LogP contribution in [0.15, 0.2) is 119 Å². The van der Waals surface area contributed by atoms with Gasteiger partial charge in [0, 0.05) is 35.6 Å². The Balaban J connectivity index is 1.45. The molecule has 2 N–H and O–H groups in total. The molecule has 176 valence electrons. The molecule has 0 saturated carbocycles. The molecule has 0 aliphatic rings. The van der Waals surface area contributed by atoms with Crippen molar-refractivity contribution in [3.8, 4) is 0 Å². The Morgan fingerprint density at radius 1 is 0.514 bits per heavy atom. The third kappa shape index (κ3) is 7.41. The van der Waals surface area contributed by atoms with Crippen molar-refractivity contribution in [3.05, 3.63) is 131 Å². The highest BCUT2D eigenvalue weighted by atomic mass is 15.0. The highest BCUT2D eigenvalue weighted by molar-refractivity contribution is 6.09. The predicted octanol–water partition coefficient (Wildman–Crippen LogP) is 7.11. The lowest BCUT2D eigenvalue weighted by Crippen LogP contribution is -2.15. The fourth-order valence-corrected chi connectivity index (χ4v) is 3.60. The van der Waals surface area contributed by atoms with Crippen LogP contribution in [0.3, 0.4) is 0 Å². The monoisotopic (exact) mass is 460 g/mol. The van der Waals surface area contributed by atoms with Crippen molar-refractivity contribution >= 4 is 23.0 Å². The van der Waals surface area contributed by atoms with E-state index in [-0.39, 0.29) is 0 Å². The van der Waals surface area contributed by atoms with Crippen LogP contribution < -0.4 is 10.6 Å². The Morgan fingerprint density at radius 2 is 0.886 bits per heavy atom. The average Bonchev–Trinajstić information content (AvgIpc) is 2.90. The Morgan fingerprint density at radius 3 is 1.26 bits per heavy atom. The SMILES string of the molecule is Cc1ccc(NC(=NCCCN=C(Nc2ccc(C)cc2)c2ccccc2)c2ccccc2)cc1. The van der Waals surface area contributed by atoms with Gasteiger partial charge in [-0.15, -0.1) is 0 Å². The summed E-state index contributed by atoms with van der Waals surface area (Å²) in [6, 6.07) is 37.3. The zero-order valence-electron chi connectivity index (χ0n) is 20.4. The van der Waals surface area contributed by atoms with Crippen molar-refractivity contribution in [3.63, 3.8) is 0 Å². The third-order valence-electron chi connectivity index (χ3n) is 5.58. The summed E-state index contributed by atoms with van der Waals surface area (Å²) < 4.78 is 0. The van der Waals surface area contributed by atoms with Crippen LogP contribution in [0.4, 0.5) is 11.4 Å². The quantitative estimate of drug-likeness (QED) is 0.167. The Kier molecular flexibility index (Phi) is 8.44. The molecule has 0 bridgehead atoms. The second-order valence-electron chi connectivity index (χ2n) is 8.53. The lowest BCUT2D eigenvalue weighted by molar-refractivity contribution is 0.845. The molecule has 0 aromatic heterocycles. The average molecular weight is 461 g/mol. The van der Waals surface area contributed by atoms with Gasteiger partial charge in [0.05, 0.1) is 0 Å². The van der Waals surface area contributed by atoms with E-state index in [4.69, 9.17) is 9.98 Å². The molecule has 4 aromatic carbocycles. The Bertz CT molecular complexity index is 1140. The molecule has 4 nitrogen and oxygen atoms in total. The van der Waals surface area contributed by atoms with Crippen LogP contribution in [0.5, 0.6) is 0 Å². The third-order valence-corrected chi connectivity index (χ3v) is 5.58. The van der Waals surface area contributed by atoms with E-state index in [0.29, 0.717) is 13.1 Å². The van der Waals surface area contributed by atoms with Crippen LogP contribution in [-0.2, 0) is 0 Å². The number of aryl methyl sites for hydroxylation is 2.